The summed E-state index contributed by atoms with van der Waals surface area (Å²) in [5, 5.41) is 14.0. The number of aromatic nitrogens is 5. The largest absolute Gasteiger partial charge is 0.619 e. The molecule has 11 heteroatoms. The van der Waals surface area contributed by atoms with Gasteiger partial charge in [-0.1, -0.05) is 0 Å². The molecule has 31 heavy (non-hydrogen) atoms. The van der Waals surface area contributed by atoms with Gasteiger partial charge in [-0.25, -0.2) is 14.4 Å². The fourth-order valence-electron chi connectivity index (χ4n) is 2.98. The lowest BCUT2D eigenvalue weighted by Crippen LogP contribution is -2.25. The number of imidazole rings is 2. The zero-order valence-corrected chi connectivity index (χ0v) is 16.5. The second kappa shape index (κ2) is 8.14. The van der Waals surface area contributed by atoms with E-state index in [0.29, 0.717) is 33.2 Å². The molecule has 0 aliphatic heterocycles. The summed E-state index contributed by atoms with van der Waals surface area (Å²) in [6, 6.07) is 7.24. The molecule has 0 spiro atoms. The number of amides is 1. The molecular weight excluding hydrogens is 407 g/mol. The van der Waals surface area contributed by atoms with Crippen LogP contribution in [0.4, 0.5) is 10.1 Å². The third-order valence-corrected chi connectivity index (χ3v) is 4.46. The lowest BCUT2D eigenvalue weighted by atomic mass is 10.1. The van der Waals surface area contributed by atoms with Gasteiger partial charge in [0.15, 0.2) is 17.7 Å². The number of benzene rings is 1. The van der Waals surface area contributed by atoms with Crippen LogP contribution in [0.25, 0.3) is 22.8 Å². The molecule has 0 aliphatic carbocycles. The summed E-state index contributed by atoms with van der Waals surface area (Å²) in [7, 11) is 2.85. The summed E-state index contributed by atoms with van der Waals surface area (Å²) in [5.41, 5.74) is 2.08. The lowest BCUT2D eigenvalue weighted by Gasteiger charge is -2.08. The SMILES string of the molecule is COc1c[n+]([O-])ccc1NC(=O)c1cnc(-c2c(-c3ccc(F)cc3)ncn2OC)[nH]1. The maximum absolute atomic E-state index is 13.3. The van der Waals surface area contributed by atoms with Crippen LogP contribution in [0.2, 0.25) is 0 Å². The van der Waals surface area contributed by atoms with Crippen molar-refractivity contribution >= 4 is 11.6 Å². The van der Waals surface area contributed by atoms with Crippen molar-refractivity contribution in [2.75, 3.05) is 19.5 Å². The Bertz CT molecular complexity index is 1230. The number of carbonyl (C=O) groups is 1. The van der Waals surface area contributed by atoms with E-state index < -0.39 is 5.91 Å². The smallest absolute Gasteiger partial charge is 0.273 e. The van der Waals surface area contributed by atoms with E-state index in [1.807, 2.05) is 0 Å². The molecule has 0 aliphatic rings. The van der Waals surface area contributed by atoms with Gasteiger partial charge >= 0.3 is 0 Å². The predicted octanol–water partition coefficient (Wildman–Crippen LogP) is 2.03. The van der Waals surface area contributed by atoms with E-state index in [-0.39, 0.29) is 17.3 Å². The van der Waals surface area contributed by atoms with Gasteiger partial charge in [0.2, 0.25) is 11.9 Å². The number of carbonyl (C=O) groups excluding carboxylic acids is 1. The first-order chi connectivity index (χ1) is 15.0. The van der Waals surface area contributed by atoms with Gasteiger partial charge in [-0.15, -0.1) is 0 Å². The number of methoxy groups -OCH3 is 1. The standard InChI is InChI=1S/C20H17FN6O4/c1-30-16-10-26(29)8-7-14(16)25-20(28)15-9-22-19(24-15)18-17(23-11-27(18)31-2)12-3-5-13(21)6-4-12/h3-11H,1-2H3,(H,22,24)(H,25,28). The van der Waals surface area contributed by atoms with Crippen LogP contribution in [-0.4, -0.2) is 39.8 Å². The summed E-state index contributed by atoms with van der Waals surface area (Å²) in [6.07, 6.45) is 5.24. The van der Waals surface area contributed by atoms with Crippen molar-refractivity contribution in [2.45, 2.75) is 0 Å². The molecule has 0 radical (unpaired) electrons. The lowest BCUT2D eigenvalue weighted by molar-refractivity contribution is -0.605. The third-order valence-electron chi connectivity index (χ3n) is 4.46. The molecule has 1 aromatic carbocycles. The molecule has 3 aromatic heterocycles. The molecular formula is C20H17FN6O4. The fraction of sp³-hybridized carbons (Fsp3) is 0.100. The molecule has 158 valence electrons. The summed E-state index contributed by atoms with van der Waals surface area (Å²) in [6.45, 7) is 0. The highest BCUT2D eigenvalue weighted by atomic mass is 19.1. The highest BCUT2D eigenvalue weighted by Gasteiger charge is 2.21. The number of nitrogens with one attached hydrogen (secondary N) is 2. The van der Waals surface area contributed by atoms with Crippen molar-refractivity contribution in [2.24, 2.45) is 0 Å². The number of nitrogens with zero attached hydrogens (tertiary/aromatic N) is 4. The van der Waals surface area contributed by atoms with Crippen LogP contribution in [0.1, 0.15) is 10.5 Å². The van der Waals surface area contributed by atoms with Crippen LogP contribution in [-0.2, 0) is 0 Å². The van der Waals surface area contributed by atoms with Gasteiger partial charge in [0, 0.05) is 11.6 Å². The van der Waals surface area contributed by atoms with Crippen LogP contribution in [0.15, 0.2) is 55.2 Å². The number of ether oxygens (including phenoxy) is 1. The molecule has 4 rings (SSSR count). The predicted molar refractivity (Wildman–Crippen MR) is 108 cm³/mol. The molecule has 0 bridgehead atoms. The average Bonchev–Trinajstić information content (AvgIpc) is 3.42. The molecule has 2 N–H and O–H groups in total. The van der Waals surface area contributed by atoms with Gasteiger partial charge < -0.3 is 25.1 Å². The maximum Gasteiger partial charge on any atom is 0.273 e. The van der Waals surface area contributed by atoms with Gasteiger partial charge in [-0.05, 0) is 24.3 Å². The monoisotopic (exact) mass is 424 g/mol. The minimum Gasteiger partial charge on any atom is -0.619 e. The van der Waals surface area contributed by atoms with Crippen LogP contribution in [0.5, 0.6) is 5.75 Å². The Morgan fingerprint density at radius 3 is 2.71 bits per heavy atom. The number of rotatable bonds is 6. The van der Waals surface area contributed by atoms with Crippen molar-refractivity contribution in [3.05, 3.63) is 72.0 Å². The molecule has 3 heterocycles. The molecule has 0 unspecified atom stereocenters. The Labute approximate surface area is 175 Å². The topological polar surface area (TPSA) is 121 Å². The molecule has 0 saturated heterocycles. The Balaban J connectivity index is 1.66. The number of halogens is 1. The third kappa shape index (κ3) is 3.88. The van der Waals surface area contributed by atoms with Gasteiger partial charge in [-0.3, -0.25) is 4.79 Å². The van der Waals surface area contributed by atoms with Crippen molar-refractivity contribution in [3.8, 4) is 28.5 Å². The maximum atomic E-state index is 13.3. The summed E-state index contributed by atoms with van der Waals surface area (Å²) in [5.74, 6) is -0.331. The van der Waals surface area contributed by atoms with Crippen LogP contribution in [0.3, 0.4) is 0 Å². The highest BCUT2D eigenvalue weighted by Crippen LogP contribution is 2.29. The van der Waals surface area contributed by atoms with E-state index in [2.05, 4.69) is 20.3 Å². The second-order valence-electron chi connectivity index (χ2n) is 6.34. The Morgan fingerprint density at radius 1 is 1.23 bits per heavy atom. The van der Waals surface area contributed by atoms with Crippen LogP contribution < -0.4 is 19.6 Å². The van der Waals surface area contributed by atoms with E-state index in [1.165, 1.54) is 62.1 Å². The minimum atomic E-state index is -0.493. The van der Waals surface area contributed by atoms with E-state index >= 15 is 0 Å². The Hall–Kier alpha value is -4.41. The number of aromatic amines is 1. The average molecular weight is 424 g/mol. The molecule has 0 saturated carbocycles. The van der Waals surface area contributed by atoms with Crippen LogP contribution in [0, 0.1) is 11.0 Å². The van der Waals surface area contributed by atoms with Gasteiger partial charge in [0.1, 0.15) is 30.6 Å². The first kappa shape index (κ1) is 19.9. The van der Waals surface area contributed by atoms with E-state index in [9.17, 15) is 14.4 Å². The number of anilines is 1. The van der Waals surface area contributed by atoms with Crippen LogP contribution >= 0.6 is 0 Å². The number of pyridine rings is 1. The van der Waals surface area contributed by atoms with E-state index in [0.717, 1.165) is 0 Å². The fourth-order valence-corrected chi connectivity index (χ4v) is 2.98. The van der Waals surface area contributed by atoms with Gasteiger partial charge in [-0.2, -0.15) is 9.46 Å². The minimum absolute atomic E-state index is 0.157. The first-order valence-corrected chi connectivity index (χ1v) is 9.01. The molecule has 0 fully saturated rings. The second-order valence-corrected chi connectivity index (χ2v) is 6.34. The van der Waals surface area contributed by atoms with Crippen molar-refractivity contribution in [3.63, 3.8) is 0 Å². The van der Waals surface area contributed by atoms with E-state index in [4.69, 9.17) is 9.57 Å². The zero-order valence-electron chi connectivity index (χ0n) is 16.5. The molecule has 0 atom stereocenters. The van der Waals surface area contributed by atoms with Gasteiger partial charge in [0.25, 0.3) is 5.91 Å². The van der Waals surface area contributed by atoms with Crippen molar-refractivity contribution < 1.29 is 23.5 Å². The van der Waals surface area contributed by atoms with Crippen molar-refractivity contribution in [1.29, 1.82) is 0 Å². The summed E-state index contributed by atoms with van der Waals surface area (Å²) >= 11 is 0. The Kier molecular flexibility index (Phi) is 5.22. The zero-order chi connectivity index (χ0) is 22.0. The molecule has 10 nitrogen and oxygen atoms in total. The normalized spacial score (nSPS) is 10.7. The first-order valence-electron chi connectivity index (χ1n) is 9.01. The van der Waals surface area contributed by atoms with Crippen molar-refractivity contribution in [1.82, 2.24) is 19.7 Å². The summed E-state index contributed by atoms with van der Waals surface area (Å²) < 4.78 is 20.4. The number of H-pyrrole nitrogens is 1. The molecule has 1 amide bonds. The number of hydrogen-bond donors (Lipinski definition) is 2. The number of hydrogen-bond acceptors (Lipinski definition) is 6. The highest BCUT2D eigenvalue weighted by molar-refractivity contribution is 6.03. The Morgan fingerprint density at radius 2 is 2.00 bits per heavy atom. The van der Waals surface area contributed by atoms with Gasteiger partial charge in [0.05, 0.1) is 19.0 Å². The molecule has 4 aromatic rings. The quantitative estimate of drug-likeness (QED) is 0.361. The van der Waals surface area contributed by atoms with E-state index in [1.54, 1.807) is 12.1 Å². The summed E-state index contributed by atoms with van der Waals surface area (Å²) in [4.78, 5) is 29.5.